The van der Waals surface area contributed by atoms with Crippen molar-refractivity contribution in [2.45, 2.75) is 84.0 Å². The molecule has 1 aromatic rings. The number of rotatable bonds is 13. The molecule has 2 heteroatoms. The van der Waals surface area contributed by atoms with Gasteiger partial charge in [0.05, 0.1) is 5.56 Å². The highest BCUT2D eigenvalue weighted by atomic mass is 16.3. The summed E-state index contributed by atoms with van der Waals surface area (Å²) >= 11 is 0. The minimum Gasteiger partial charge on any atom is -0.294 e. The van der Waals surface area contributed by atoms with Gasteiger partial charge in [0.15, 0.2) is 11.5 Å². The number of ketones is 1. The van der Waals surface area contributed by atoms with Crippen LogP contribution in [-0.2, 0) is 5.11 Å². The Kier molecular flexibility index (Phi) is 10.4. The zero-order valence-electron chi connectivity index (χ0n) is 14.1. The molecule has 0 aliphatic carbocycles. The van der Waals surface area contributed by atoms with Crippen molar-refractivity contribution in [2.75, 3.05) is 0 Å². The Labute approximate surface area is 135 Å². The van der Waals surface area contributed by atoms with Crippen molar-refractivity contribution in [2.24, 2.45) is 0 Å². The number of hydrogen-bond donors (Lipinski definition) is 0. The maximum Gasteiger partial charge on any atom is 0.189 e. The van der Waals surface area contributed by atoms with E-state index >= 15 is 0 Å². The van der Waals surface area contributed by atoms with Gasteiger partial charge in [-0.2, -0.15) is 0 Å². The summed E-state index contributed by atoms with van der Waals surface area (Å²) in [5.74, 6) is -0.142. The molecule has 0 aliphatic rings. The third kappa shape index (κ3) is 8.21. The van der Waals surface area contributed by atoms with E-state index in [0.29, 0.717) is 12.0 Å². The number of carbonyl (C=O) groups excluding carboxylic acids is 1. The van der Waals surface area contributed by atoms with E-state index in [4.69, 9.17) is 0 Å². The summed E-state index contributed by atoms with van der Waals surface area (Å²) in [4.78, 5) is 11.9. The Bertz CT molecular complexity index is 412. The number of para-hydroxylation sites is 1. The van der Waals surface area contributed by atoms with Gasteiger partial charge >= 0.3 is 0 Å². The Balaban J connectivity index is 1.95. The van der Waals surface area contributed by atoms with Crippen molar-refractivity contribution in [3.63, 3.8) is 0 Å². The van der Waals surface area contributed by atoms with Crippen LogP contribution in [0.3, 0.4) is 0 Å². The molecule has 1 rings (SSSR count). The number of unbranched alkanes of at least 4 members (excludes halogenated alkanes) is 10. The second-order valence-electron chi connectivity index (χ2n) is 6.20. The van der Waals surface area contributed by atoms with Crippen LogP contribution in [0.5, 0.6) is 5.75 Å². The lowest BCUT2D eigenvalue weighted by Gasteiger charge is -2.03. The maximum atomic E-state index is 11.9. The van der Waals surface area contributed by atoms with E-state index in [9.17, 15) is 9.90 Å². The van der Waals surface area contributed by atoms with Crippen molar-refractivity contribution in [3.05, 3.63) is 29.8 Å². The summed E-state index contributed by atoms with van der Waals surface area (Å²) in [5, 5.41) is 11.5. The van der Waals surface area contributed by atoms with Gasteiger partial charge in [-0.3, -0.25) is 9.90 Å². The van der Waals surface area contributed by atoms with Crippen LogP contribution >= 0.6 is 0 Å². The van der Waals surface area contributed by atoms with Crippen molar-refractivity contribution in [1.29, 1.82) is 0 Å². The van der Waals surface area contributed by atoms with E-state index in [1.54, 1.807) is 18.2 Å². The summed E-state index contributed by atoms with van der Waals surface area (Å²) in [6.45, 7) is 2.25. The summed E-state index contributed by atoms with van der Waals surface area (Å²) in [6, 6.07) is 6.55. The van der Waals surface area contributed by atoms with Crippen LogP contribution in [0.1, 0.15) is 94.3 Å². The van der Waals surface area contributed by atoms with E-state index < -0.39 is 0 Å². The lowest BCUT2D eigenvalue weighted by Crippen LogP contribution is -1.98. The maximum absolute atomic E-state index is 11.9. The third-order valence-corrected chi connectivity index (χ3v) is 4.19. The molecular weight excluding hydrogens is 272 g/mol. The van der Waals surface area contributed by atoms with Gasteiger partial charge in [-0.05, 0) is 18.6 Å². The van der Waals surface area contributed by atoms with Crippen molar-refractivity contribution in [1.82, 2.24) is 0 Å². The zero-order valence-corrected chi connectivity index (χ0v) is 14.1. The van der Waals surface area contributed by atoms with Gasteiger partial charge in [0, 0.05) is 6.42 Å². The highest BCUT2D eigenvalue weighted by Gasteiger charge is 2.10. The fourth-order valence-corrected chi connectivity index (χ4v) is 2.78. The molecule has 0 N–H and O–H groups in total. The lowest BCUT2D eigenvalue weighted by molar-refractivity contribution is 0.0975. The summed E-state index contributed by atoms with van der Waals surface area (Å²) < 4.78 is 0. The Morgan fingerprint density at radius 2 is 1.27 bits per heavy atom. The lowest BCUT2D eigenvalue weighted by atomic mass is 10.0. The van der Waals surface area contributed by atoms with E-state index in [1.165, 1.54) is 63.9 Å². The molecule has 22 heavy (non-hydrogen) atoms. The Morgan fingerprint density at radius 1 is 0.773 bits per heavy atom. The standard InChI is InChI=1S/C20H31O2/c1-2-3-4-5-6-7-8-9-10-11-12-16-19(21)18-15-13-14-17-20(18)22/h13-15,17H,2-12,16H2,1H3. The molecule has 0 saturated heterocycles. The molecule has 0 aliphatic heterocycles. The number of carbonyl (C=O) groups is 1. The van der Waals surface area contributed by atoms with Crippen LogP contribution in [0.2, 0.25) is 0 Å². The quantitative estimate of drug-likeness (QED) is 0.294. The Morgan fingerprint density at radius 3 is 1.82 bits per heavy atom. The molecule has 0 fully saturated rings. The fourth-order valence-electron chi connectivity index (χ4n) is 2.78. The minimum absolute atomic E-state index is 0.00141. The van der Waals surface area contributed by atoms with Gasteiger partial charge in [-0.15, -0.1) is 0 Å². The molecule has 1 aromatic carbocycles. The highest BCUT2D eigenvalue weighted by molar-refractivity contribution is 5.98. The average molecular weight is 303 g/mol. The SMILES string of the molecule is CCCCCCCCCCCCCC(=O)c1ccccc1[O]. The molecule has 2 nitrogen and oxygen atoms in total. The van der Waals surface area contributed by atoms with E-state index in [-0.39, 0.29) is 11.5 Å². The molecule has 0 spiro atoms. The van der Waals surface area contributed by atoms with Crippen LogP contribution < -0.4 is 0 Å². The number of benzene rings is 1. The van der Waals surface area contributed by atoms with Crippen molar-refractivity contribution < 1.29 is 9.90 Å². The van der Waals surface area contributed by atoms with E-state index in [1.807, 2.05) is 0 Å². The second kappa shape index (κ2) is 12.3. The molecule has 0 heterocycles. The van der Waals surface area contributed by atoms with E-state index in [2.05, 4.69) is 6.92 Å². The summed E-state index contributed by atoms with van der Waals surface area (Å²) in [7, 11) is 0. The molecule has 1 radical (unpaired) electrons. The van der Waals surface area contributed by atoms with Gasteiger partial charge in [-0.1, -0.05) is 83.3 Å². The molecule has 0 atom stereocenters. The topological polar surface area (TPSA) is 37.0 Å². The monoisotopic (exact) mass is 303 g/mol. The fraction of sp³-hybridized carbons (Fsp3) is 0.650. The summed E-state index contributed by atoms with van der Waals surface area (Å²) in [6.07, 6.45) is 14.5. The Hall–Kier alpha value is -1.31. The first kappa shape index (κ1) is 18.7. The average Bonchev–Trinajstić information content (AvgIpc) is 2.53. The summed E-state index contributed by atoms with van der Waals surface area (Å²) in [5.41, 5.74) is 0.356. The second-order valence-corrected chi connectivity index (χ2v) is 6.20. The van der Waals surface area contributed by atoms with Crippen molar-refractivity contribution in [3.8, 4) is 5.75 Å². The van der Waals surface area contributed by atoms with Crippen LogP contribution in [0.15, 0.2) is 24.3 Å². The first-order valence-electron chi connectivity index (χ1n) is 9.05. The van der Waals surface area contributed by atoms with Gasteiger partial charge in [0.1, 0.15) is 0 Å². The molecule has 0 saturated carbocycles. The van der Waals surface area contributed by atoms with Gasteiger partial charge in [0.25, 0.3) is 0 Å². The van der Waals surface area contributed by atoms with Crippen LogP contribution in [0, 0.1) is 0 Å². The van der Waals surface area contributed by atoms with Gasteiger partial charge in [0.2, 0.25) is 0 Å². The number of Topliss-reactive ketones (excluding diaryl/α,β-unsaturated/α-hetero) is 1. The third-order valence-electron chi connectivity index (χ3n) is 4.19. The molecular formula is C20H31O2. The number of hydrogen-bond acceptors (Lipinski definition) is 1. The normalized spacial score (nSPS) is 10.8. The first-order valence-corrected chi connectivity index (χ1v) is 9.05. The molecule has 0 aromatic heterocycles. The smallest absolute Gasteiger partial charge is 0.189 e. The molecule has 0 bridgehead atoms. The van der Waals surface area contributed by atoms with Crippen LogP contribution in [-0.4, -0.2) is 5.78 Å². The molecule has 123 valence electrons. The van der Waals surface area contributed by atoms with Gasteiger partial charge in [-0.25, -0.2) is 0 Å². The minimum atomic E-state index is -0.143. The molecule has 0 amide bonds. The largest absolute Gasteiger partial charge is 0.294 e. The van der Waals surface area contributed by atoms with E-state index in [0.717, 1.165) is 12.8 Å². The van der Waals surface area contributed by atoms with Crippen LogP contribution in [0.25, 0.3) is 0 Å². The highest BCUT2D eigenvalue weighted by Crippen LogP contribution is 2.20. The van der Waals surface area contributed by atoms with Gasteiger partial charge < -0.3 is 0 Å². The van der Waals surface area contributed by atoms with Crippen LogP contribution in [0.4, 0.5) is 0 Å². The first-order chi connectivity index (χ1) is 10.8. The predicted molar refractivity (Wildman–Crippen MR) is 92.0 cm³/mol. The predicted octanol–water partition coefficient (Wildman–Crippen LogP) is 6.71. The molecule has 0 unspecified atom stereocenters. The van der Waals surface area contributed by atoms with Crippen molar-refractivity contribution >= 4 is 5.78 Å². The zero-order chi connectivity index (χ0) is 16.0.